The molecule has 1 aliphatic carbocycles. The molecule has 0 atom stereocenters. The van der Waals surface area contributed by atoms with Crippen LogP contribution in [0.5, 0.6) is 0 Å². The van der Waals surface area contributed by atoms with Gasteiger partial charge in [0.1, 0.15) is 6.54 Å². The van der Waals surface area contributed by atoms with Gasteiger partial charge in [-0.1, -0.05) is 6.07 Å². The molecule has 0 radical (unpaired) electrons. The summed E-state index contributed by atoms with van der Waals surface area (Å²) in [4.78, 5) is 1.32. The fourth-order valence-electron chi connectivity index (χ4n) is 2.05. The first-order chi connectivity index (χ1) is 9.39. The van der Waals surface area contributed by atoms with E-state index in [1.165, 1.54) is 17.7 Å². The Labute approximate surface area is 125 Å². The quantitative estimate of drug-likeness (QED) is 0.831. The normalized spacial score (nSPS) is 15.4. The Kier molecular flexibility index (Phi) is 4.96. The second-order valence-corrected chi connectivity index (χ2v) is 5.92. The first-order valence-electron chi connectivity index (χ1n) is 6.72. The molecular weight excluding hydrogens is 333 g/mol. The largest absolute Gasteiger partial charge is 0.405 e. The summed E-state index contributed by atoms with van der Waals surface area (Å²) in [6.07, 6.45) is -1.76. The Balaban J connectivity index is 2.06. The van der Waals surface area contributed by atoms with Gasteiger partial charge in [-0.15, -0.1) is 0 Å². The van der Waals surface area contributed by atoms with Crippen LogP contribution in [-0.2, 0) is 6.54 Å². The molecule has 0 aliphatic heterocycles. The van der Waals surface area contributed by atoms with Gasteiger partial charge >= 0.3 is 6.18 Å². The van der Waals surface area contributed by atoms with E-state index in [1.807, 2.05) is 12.1 Å². The van der Waals surface area contributed by atoms with Crippen LogP contribution in [0.2, 0.25) is 0 Å². The number of halogens is 4. The Morgan fingerprint density at radius 2 is 2.05 bits per heavy atom. The number of nitrogens with one attached hydrogen (secondary N) is 1. The summed E-state index contributed by atoms with van der Waals surface area (Å²) in [5, 5.41) is 3.39. The van der Waals surface area contributed by atoms with E-state index in [-0.39, 0.29) is 0 Å². The number of nitrogens with zero attached hydrogens (tertiary/aromatic N) is 1. The Bertz CT molecular complexity index is 458. The monoisotopic (exact) mass is 350 g/mol. The van der Waals surface area contributed by atoms with Gasteiger partial charge in [0.05, 0.1) is 5.69 Å². The third-order valence-corrected chi connectivity index (χ3v) is 3.91. The minimum Gasteiger partial charge on any atom is -0.362 e. The van der Waals surface area contributed by atoms with Gasteiger partial charge in [-0.3, -0.25) is 0 Å². The molecular formula is C14H18BrF3N2. The summed E-state index contributed by atoms with van der Waals surface area (Å²) in [6.45, 7) is 1.87. The molecule has 2 nitrogen and oxygen atoms in total. The average molecular weight is 351 g/mol. The third kappa shape index (κ3) is 4.66. The molecule has 0 aromatic heterocycles. The van der Waals surface area contributed by atoms with E-state index in [1.54, 1.807) is 13.0 Å². The van der Waals surface area contributed by atoms with Crippen molar-refractivity contribution in [1.82, 2.24) is 5.32 Å². The maximum Gasteiger partial charge on any atom is 0.405 e. The minimum absolute atomic E-state index is 0.317. The molecule has 0 amide bonds. The predicted molar refractivity (Wildman–Crippen MR) is 77.9 cm³/mol. The number of anilines is 1. The van der Waals surface area contributed by atoms with Gasteiger partial charge in [0, 0.05) is 23.6 Å². The second kappa shape index (κ2) is 6.35. The smallest absolute Gasteiger partial charge is 0.362 e. The van der Waals surface area contributed by atoms with E-state index < -0.39 is 12.7 Å². The number of benzene rings is 1. The zero-order valence-electron chi connectivity index (χ0n) is 11.3. The van der Waals surface area contributed by atoms with Crippen molar-refractivity contribution < 1.29 is 13.2 Å². The lowest BCUT2D eigenvalue weighted by Gasteiger charge is -2.25. The molecule has 112 valence electrons. The summed E-state index contributed by atoms with van der Waals surface area (Å²) in [5.74, 6) is 0. The summed E-state index contributed by atoms with van der Waals surface area (Å²) >= 11 is 3.38. The van der Waals surface area contributed by atoms with E-state index in [9.17, 15) is 13.2 Å². The Morgan fingerprint density at radius 3 is 2.55 bits per heavy atom. The zero-order valence-corrected chi connectivity index (χ0v) is 12.9. The first-order valence-corrected chi connectivity index (χ1v) is 7.52. The van der Waals surface area contributed by atoms with Gasteiger partial charge < -0.3 is 10.2 Å². The average Bonchev–Trinajstić information content (AvgIpc) is 3.17. The molecule has 1 N–H and O–H groups in total. The molecule has 0 bridgehead atoms. The lowest BCUT2D eigenvalue weighted by Crippen LogP contribution is -2.34. The molecule has 0 saturated heterocycles. The number of hydrogen-bond acceptors (Lipinski definition) is 2. The Hall–Kier alpha value is -0.750. The molecule has 1 aromatic rings. The summed E-state index contributed by atoms with van der Waals surface area (Å²) in [5.41, 5.74) is 1.66. The van der Waals surface area contributed by atoms with E-state index in [0.717, 1.165) is 12.1 Å². The zero-order chi connectivity index (χ0) is 14.8. The van der Waals surface area contributed by atoms with Crippen LogP contribution in [0.15, 0.2) is 22.7 Å². The topological polar surface area (TPSA) is 15.3 Å². The van der Waals surface area contributed by atoms with E-state index in [2.05, 4.69) is 21.2 Å². The van der Waals surface area contributed by atoms with Gasteiger partial charge in [-0.25, -0.2) is 0 Å². The van der Waals surface area contributed by atoms with E-state index in [4.69, 9.17) is 0 Å². The van der Waals surface area contributed by atoms with Crippen molar-refractivity contribution in [2.75, 3.05) is 18.0 Å². The third-order valence-electron chi connectivity index (χ3n) is 3.28. The minimum atomic E-state index is -4.19. The van der Waals surface area contributed by atoms with Crippen molar-refractivity contribution in [3.8, 4) is 0 Å². The maximum atomic E-state index is 12.5. The molecule has 2 rings (SSSR count). The van der Waals surface area contributed by atoms with Crippen LogP contribution in [0.3, 0.4) is 0 Å². The molecule has 0 unspecified atom stereocenters. The molecule has 1 saturated carbocycles. The number of hydrogen-bond donors (Lipinski definition) is 1. The SMILES string of the molecule is CCN(CC(F)(F)F)c1ccc(CNC2CC2)cc1Br. The number of alkyl halides is 3. The molecule has 1 fully saturated rings. The van der Waals surface area contributed by atoms with Crippen LogP contribution in [0.1, 0.15) is 25.3 Å². The van der Waals surface area contributed by atoms with E-state index in [0.29, 0.717) is 22.7 Å². The van der Waals surface area contributed by atoms with Crippen molar-refractivity contribution in [2.24, 2.45) is 0 Å². The highest BCUT2D eigenvalue weighted by Crippen LogP contribution is 2.30. The van der Waals surface area contributed by atoms with Crippen LogP contribution in [-0.4, -0.2) is 25.3 Å². The summed E-state index contributed by atoms with van der Waals surface area (Å²) < 4.78 is 38.3. The van der Waals surface area contributed by atoms with Crippen molar-refractivity contribution in [2.45, 2.75) is 38.5 Å². The van der Waals surface area contributed by atoms with Crippen molar-refractivity contribution in [3.05, 3.63) is 28.2 Å². The fourth-order valence-corrected chi connectivity index (χ4v) is 2.73. The predicted octanol–water partition coefficient (Wildman–Crippen LogP) is 4.09. The molecule has 20 heavy (non-hydrogen) atoms. The van der Waals surface area contributed by atoms with Crippen molar-refractivity contribution in [3.63, 3.8) is 0 Å². The lowest BCUT2D eigenvalue weighted by molar-refractivity contribution is -0.119. The van der Waals surface area contributed by atoms with Crippen LogP contribution in [0, 0.1) is 0 Å². The van der Waals surface area contributed by atoms with Gasteiger partial charge in [0.25, 0.3) is 0 Å². The Morgan fingerprint density at radius 1 is 1.35 bits per heavy atom. The molecule has 0 spiro atoms. The van der Waals surface area contributed by atoms with Gasteiger partial charge in [0.2, 0.25) is 0 Å². The first kappa shape index (κ1) is 15.6. The van der Waals surface area contributed by atoms with Crippen LogP contribution >= 0.6 is 15.9 Å². The lowest BCUT2D eigenvalue weighted by atomic mass is 10.2. The van der Waals surface area contributed by atoms with Crippen LogP contribution in [0.25, 0.3) is 0 Å². The molecule has 1 aliphatic rings. The van der Waals surface area contributed by atoms with E-state index >= 15 is 0 Å². The van der Waals surface area contributed by atoms with Gasteiger partial charge in [-0.2, -0.15) is 13.2 Å². The highest BCUT2D eigenvalue weighted by atomic mass is 79.9. The van der Waals surface area contributed by atoms with Crippen LogP contribution in [0.4, 0.5) is 18.9 Å². The molecule has 1 aromatic carbocycles. The standard InChI is InChI=1S/C14H18BrF3N2/c1-2-20(9-14(16,17)18)13-6-3-10(7-12(13)15)8-19-11-4-5-11/h3,6-7,11,19H,2,4-5,8-9H2,1H3. The highest BCUT2D eigenvalue weighted by molar-refractivity contribution is 9.10. The fraction of sp³-hybridized carbons (Fsp3) is 0.571. The summed E-state index contributed by atoms with van der Waals surface area (Å²) in [7, 11) is 0. The second-order valence-electron chi connectivity index (χ2n) is 5.07. The van der Waals surface area contributed by atoms with Crippen molar-refractivity contribution in [1.29, 1.82) is 0 Å². The van der Waals surface area contributed by atoms with Gasteiger partial charge in [0.15, 0.2) is 0 Å². The highest BCUT2D eigenvalue weighted by Gasteiger charge is 2.31. The molecule has 6 heteroatoms. The van der Waals surface area contributed by atoms with Crippen molar-refractivity contribution >= 4 is 21.6 Å². The molecule has 0 heterocycles. The van der Waals surface area contributed by atoms with Gasteiger partial charge in [-0.05, 0) is 53.4 Å². The summed E-state index contributed by atoms with van der Waals surface area (Å²) in [6, 6.07) is 6.15. The maximum absolute atomic E-state index is 12.5. The number of rotatable bonds is 6. The van der Waals surface area contributed by atoms with Crippen LogP contribution < -0.4 is 10.2 Å².